The molecule has 0 saturated carbocycles. The van der Waals surface area contributed by atoms with Gasteiger partial charge in [0.05, 0.1) is 24.2 Å². The number of ether oxygens (including phenoxy) is 1. The van der Waals surface area contributed by atoms with Crippen LogP contribution in [0.4, 0.5) is 23.0 Å². The van der Waals surface area contributed by atoms with E-state index >= 15 is 0 Å². The number of nitrogens with one attached hydrogen (secondary N) is 2. The molecule has 0 amide bonds. The standard InChI is InChI=1S/C12H12BrN5O3/c1-21-10-3-7(13)2-8(4-10)15-11-5-9(18(19)20)6-12(16-11)17-14/h2-6H,14H2,1H3,(H2,15,16,17). The Bertz CT molecular complexity index is 680. The Balaban J connectivity index is 2.36. The Labute approximate surface area is 128 Å². The Hall–Kier alpha value is -2.39. The Kier molecular flexibility index (Phi) is 4.55. The summed E-state index contributed by atoms with van der Waals surface area (Å²) < 4.78 is 5.95. The minimum atomic E-state index is -0.519. The van der Waals surface area contributed by atoms with Gasteiger partial charge in [-0.1, -0.05) is 15.9 Å². The molecule has 0 spiro atoms. The van der Waals surface area contributed by atoms with Crippen LogP contribution >= 0.6 is 15.9 Å². The summed E-state index contributed by atoms with van der Waals surface area (Å²) in [5.41, 5.74) is 2.83. The van der Waals surface area contributed by atoms with E-state index in [0.29, 0.717) is 11.4 Å². The molecule has 21 heavy (non-hydrogen) atoms. The number of nitrogen functional groups attached to an aromatic ring is 1. The van der Waals surface area contributed by atoms with E-state index in [9.17, 15) is 10.1 Å². The molecular formula is C12H12BrN5O3. The number of benzene rings is 1. The van der Waals surface area contributed by atoms with Gasteiger partial charge >= 0.3 is 0 Å². The van der Waals surface area contributed by atoms with Crippen LogP contribution in [-0.4, -0.2) is 17.0 Å². The SMILES string of the molecule is COc1cc(Br)cc(Nc2cc([N+](=O)[O-])cc(NN)n2)c1. The third-order valence-electron chi connectivity index (χ3n) is 2.55. The van der Waals surface area contributed by atoms with Crippen molar-refractivity contribution in [1.29, 1.82) is 0 Å². The van der Waals surface area contributed by atoms with Gasteiger partial charge in [-0.3, -0.25) is 10.1 Å². The molecule has 0 fully saturated rings. The first-order chi connectivity index (χ1) is 10.0. The second-order valence-corrected chi connectivity index (χ2v) is 4.92. The Morgan fingerprint density at radius 3 is 2.62 bits per heavy atom. The highest BCUT2D eigenvalue weighted by Crippen LogP contribution is 2.28. The van der Waals surface area contributed by atoms with Crippen molar-refractivity contribution in [1.82, 2.24) is 4.98 Å². The maximum Gasteiger partial charge on any atom is 0.276 e. The maximum atomic E-state index is 10.9. The van der Waals surface area contributed by atoms with Crippen molar-refractivity contribution < 1.29 is 9.66 Å². The van der Waals surface area contributed by atoms with Gasteiger partial charge in [-0.05, 0) is 12.1 Å². The molecule has 2 aromatic rings. The minimum Gasteiger partial charge on any atom is -0.497 e. The van der Waals surface area contributed by atoms with Crippen molar-refractivity contribution in [2.75, 3.05) is 17.9 Å². The molecule has 1 heterocycles. The molecule has 0 unspecified atom stereocenters. The highest BCUT2D eigenvalue weighted by Gasteiger charge is 2.11. The van der Waals surface area contributed by atoms with E-state index in [-0.39, 0.29) is 17.3 Å². The van der Waals surface area contributed by atoms with Crippen molar-refractivity contribution in [2.45, 2.75) is 0 Å². The summed E-state index contributed by atoms with van der Waals surface area (Å²) in [7, 11) is 1.55. The number of pyridine rings is 1. The number of anilines is 3. The number of rotatable bonds is 5. The molecule has 0 radical (unpaired) electrons. The van der Waals surface area contributed by atoms with Crippen molar-refractivity contribution in [3.8, 4) is 5.75 Å². The first-order valence-electron chi connectivity index (χ1n) is 5.76. The Morgan fingerprint density at radius 2 is 2.00 bits per heavy atom. The van der Waals surface area contributed by atoms with Gasteiger partial charge in [0, 0.05) is 16.2 Å². The number of nitrogens with zero attached hydrogens (tertiary/aromatic N) is 2. The number of hydrogen-bond donors (Lipinski definition) is 3. The number of hydrogen-bond acceptors (Lipinski definition) is 7. The lowest BCUT2D eigenvalue weighted by Gasteiger charge is -2.09. The van der Waals surface area contributed by atoms with Crippen LogP contribution in [0.15, 0.2) is 34.8 Å². The highest BCUT2D eigenvalue weighted by molar-refractivity contribution is 9.10. The number of aromatic nitrogens is 1. The summed E-state index contributed by atoms with van der Waals surface area (Å²) >= 11 is 3.35. The maximum absolute atomic E-state index is 10.9. The number of halogens is 1. The molecule has 9 heteroatoms. The summed E-state index contributed by atoms with van der Waals surface area (Å²) in [4.78, 5) is 14.5. The summed E-state index contributed by atoms with van der Waals surface area (Å²) in [5, 5.41) is 13.9. The quantitative estimate of drug-likeness (QED) is 0.430. The predicted octanol–water partition coefficient (Wildman–Crippen LogP) is 2.79. The zero-order valence-corrected chi connectivity index (χ0v) is 12.5. The van der Waals surface area contributed by atoms with Crippen LogP contribution in [0, 0.1) is 10.1 Å². The second-order valence-electron chi connectivity index (χ2n) is 4.00. The van der Waals surface area contributed by atoms with Crippen LogP contribution in [0.25, 0.3) is 0 Å². The van der Waals surface area contributed by atoms with E-state index in [2.05, 4.69) is 31.7 Å². The van der Waals surface area contributed by atoms with Crippen LogP contribution in [0.2, 0.25) is 0 Å². The number of hydrazine groups is 1. The van der Waals surface area contributed by atoms with Crippen LogP contribution < -0.4 is 21.3 Å². The van der Waals surface area contributed by atoms with Crippen LogP contribution in [0.3, 0.4) is 0 Å². The van der Waals surface area contributed by atoms with Crippen molar-refractivity contribution >= 4 is 38.9 Å². The summed E-state index contributed by atoms with van der Waals surface area (Å²) in [6, 6.07) is 7.87. The van der Waals surface area contributed by atoms with E-state index in [1.54, 1.807) is 25.3 Å². The number of nitrogens with two attached hydrogens (primary N) is 1. The molecule has 0 aliphatic heterocycles. The fourth-order valence-corrected chi connectivity index (χ4v) is 2.13. The molecular weight excluding hydrogens is 342 g/mol. The third-order valence-corrected chi connectivity index (χ3v) is 3.01. The molecule has 2 rings (SSSR count). The van der Waals surface area contributed by atoms with Gasteiger partial charge < -0.3 is 15.5 Å². The molecule has 0 bridgehead atoms. The number of nitro groups is 1. The first kappa shape index (κ1) is 15.0. The smallest absolute Gasteiger partial charge is 0.276 e. The van der Waals surface area contributed by atoms with Crippen LogP contribution in [0.1, 0.15) is 0 Å². The molecule has 0 saturated heterocycles. The van der Waals surface area contributed by atoms with E-state index in [1.165, 1.54) is 12.1 Å². The third kappa shape index (κ3) is 3.80. The molecule has 0 aliphatic carbocycles. The lowest BCUT2D eigenvalue weighted by molar-refractivity contribution is -0.384. The fraction of sp³-hybridized carbons (Fsp3) is 0.0833. The van der Waals surface area contributed by atoms with E-state index in [1.807, 2.05) is 0 Å². The fourth-order valence-electron chi connectivity index (χ4n) is 1.66. The molecule has 0 aliphatic rings. The molecule has 110 valence electrons. The number of methoxy groups -OCH3 is 1. The van der Waals surface area contributed by atoms with Crippen LogP contribution in [0.5, 0.6) is 5.75 Å². The van der Waals surface area contributed by atoms with Crippen molar-refractivity contribution in [2.24, 2.45) is 5.84 Å². The minimum absolute atomic E-state index is 0.123. The predicted molar refractivity (Wildman–Crippen MR) is 82.7 cm³/mol. The monoisotopic (exact) mass is 353 g/mol. The molecule has 0 atom stereocenters. The van der Waals surface area contributed by atoms with Gasteiger partial charge in [0.15, 0.2) is 0 Å². The topological polar surface area (TPSA) is 115 Å². The average Bonchev–Trinajstić information content (AvgIpc) is 2.46. The second kappa shape index (κ2) is 6.37. The molecule has 1 aromatic carbocycles. The lowest BCUT2D eigenvalue weighted by atomic mass is 10.3. The van der Waals surface area contributed by atoms with Gasteiger partial charge in [0.1, 0.15) is 17.4 Å². The van der Waals surface area contributed by atoms with Gasteiger partial charge in [-0.2, -0.15) is 0 Å². The van der Waals surface area contributed by atoms with Gasteiger partial charge in [0.25, 0.3) is 5.69 Å². The zero-order valence-electron chi connectivity index (χ0n) is 11.0. The van der Waals surface area contributed by atoms with Crippen LogP contribution in [-0.2, 0) is 0 Å². The van der Waals surface area contributed by atoms with Crippen molar-refractivity contribution in [3.05, 3.63) is 44.9 Å². The van der Waals surface area contributed by atoms with E-state index in [0.717, 1.165) is 4.47 Å². The van der Waals surface area contributed by atoms with Gasteiger partial charge in [0.2, 0.25) is 0 Å². The van der Waals surface area contributed by atoms with E-state index < -0.39 is 4.92 Å². The van der Waals surface area contributed by atoms with Gasteiger partial charge in [-0.15, -0.1) is 0 Å². The summed E-state index contributed by atoms with van der Waals surface area (Å²) in [6.07, 6.45) is 0. The van der Waals surface area contributed by atoms with E-state index in [4.69, 9.17) is 10.6 Å². The summed E-state index contributed by atoms with van der Waals surface area (Å²) in [5.74, 6) is 6.37. The normalized spacial score (nSPS) is 10.0. The largest absolute Gasteiger partial charge is 0.497 e. The molecule has 1 aromatic heterocycles. The highest BCUT2D eigenvalue weighted by atomic mass is 79.9. The Morgan fingerprint density at radius 1 is 1.29 bits per heavy atom. The molecule has 8 nitrogen and oxygen atoms in total. The molecule has 4 N–H and O–H groups in total. The lowest BCUT2D eigenvalue weighted by Crippen LogP contribution is -2.10. The summed E-state index contributed by atoms with van der Waals surface area (Å²) in [6.45, 7) is 0. The first-order valence-corrected chi connectivity index (χ1v) is 6.56. The van der Waals surface area contributed by atoms with Crippen molar-refractivity contribution in [3.63, 3.8) is 0 Å². The average molecular weight is 354 g/mol. The zero-order chi connectivity index (χ0) is 15.4. The van der Waals surface area contributed by atoms with Gasteiger partial charge in [-0.25, -0.2) is 10.8 Å².